The smallest absolute Gasteiger partial charge is 0.122 e. The molecule has 1 aromatic rings. The van der Waals surface area contributed by atoms with Crippen LogP contribution in [0.1, 0.15) is 50.7 Å². The van der Waals surface area contributed by atoms with E-state index in [0.29, 0.717) is 18.1 Å². The first-order valence-corrected chi connectivity index (χ1v) is 7.01. The number of hydrogen-bond acceptors (Lipinski definition) is 2. The lowest BCUT2D eigenvalue weighted by molar-refractivity contribution is 0.352. The Labute approximate surface area is 110 Å². The Morgan fingerprint density at radius 3 is 2.56 bits per heavy atom. The first-order valence-electron chi connectivity index (χ1n) is 7.01. The van der Waals surface area contributed by atoms with Crippen molar-refractivity contribution >= 4 is 0 Å². The van der Waals surface area contributed by atoms with Gasteiger partial charge in [0.15, 0.2) is 0 Å². The van der Waals surface area contributed by atoms with Gasteiger partial charge in [0.1, 0.15) is 5.75 Å². The summed E-state index contributed by atoms with van der Waals surface area (Å²) in [6.07, 6.45) is 4.21. The zero-order valence-corrected chi connectivity index (χ0v) is 11.9. The molecule has 1 heterocycles. The van der Waals surface area contributed by atoms with Crippen LogP contribution in [-0.2, 0) is 11.2 Å². The first kappa shape index (κ1) is 13.4. The van der Waals surface area contributed by atoms with E-state index in [9.17, 15) is 0 Å². The first-order chi connectivity index (χ1) is 8.69. The van der Waals surface area contributed by atoms with E-state index < -0.39 is 0 Å². The van der Waals surface area contributed by atoms with Crippen LogP contribution in [0.5, 0.6) is 5.75 Å². The van der Waals surface area contributed by atoms with Gasteiger partial charge in [0.25, 0.3) is 0 Å². The Morgan fingerprint density at radius 2 is 2.06 bits per heavy atom. The second-order valence-corrected chi connectivity index (χ2v) is 5.15. The van der Waals surface area contributed by atoms with Gasteiger partial charge in [-0.15, -0.1) is 0 Å². The Bertz CT molecular complexity index is 400. The number of methoxy groups -OCH3 is 1. The Balaban J connectivity index is 2.21. The number of ether oxygens (including phenoxy) is 2. The zero-order chi connectivity index (χ0) is 13.1. The highest BCUT2D eigenvalue weighted by molar-refractivity contribution is 5.40. The monoisotopic (exact) mass is 248 g/mol. The summed E-state index contributed by atoms with van der Waals surface area (Å²) in [6, 6.07) is 6.57. The molecule has 0 bridgehead atoms. The van der Waals surface area contributed by atoms with Crippen LogP contribution < -0.4 is 4.74 Å². The molecule has 1 saturated heterocycles. The summed E-state index contributed by atoms with van der Waals surface area (Å²) in [5.41, 5.74) is 2.73. The highest BCUT2D eigenvalue weighted by atomic mass is 16.6. The van der Waals surface area contributed by atoms with Crippen molar-refractivity contribution in [3.63, 3.8) is 0 Å². The minimum absolute atomic E-state index is 0.444. The Hall–Kier alpha value is -1.02. The van der Waals surface area contributed by atoms with Gasteiger partial charge in [0, 0.05) is 0 Å². The molecule has 3 atom stereocenters. The third-order valence-electron chi connectivity index (χ3n) is 3.99. The molecule has 1 aliphatic rings. The van der Waals surface area contributed by atoms with Crippen molar-refractivity contribution in [3.8, 4) is 5.75 Å². The summed E-state index contributed by atoms with van der Waals surface area (Å²) in [4.78, 5) is 0. The van der Waals surface area contributed by atoms with Gasteiger partial charge in [-0.05, 0) is 49.3 Å². The molecule has 0 radical (unpaired) electrons. The summed E-state index contributed by atoms with van der Waals surface area (Å²) in [5, 5.41) is 0. The van der Waals surface area contributed by atoms with Crippen LogP contribution in [0, 0.1) is 0 Å². The maximum atomic E-state index is 5.56. The van der Waals surface area contributed by atoms with Crippen LogP contribution in [0.15, 0.2) is 18.2 Å². The molecule has 100 valence electrons. The maximum Gasteiger partial charge on any atom is 0.122 e. The van der Waals surface area contributed by atoms with Crippen molar-refractivity contribution in [1.82, 2.24) is 0 Å². The highest BCUT2D eigenvalue weighted by Gasteiger charge is 2.36. The van der Waals surface area contributed by atoms with E-state index in [2.05, 4.69) is 39.0 Å². The molecule has 0 spiro atoms. The summed E-state index contributed by atoms with van der Waals surface area (Å²) in [5.74, 6) is 1.56. The summed E-state index contributed by atoms with van der Waals surface area (Å²) >= 11 is 0. The number of benzene rings is 1. The molecular formula is C16H24O2. The molecule has 0 N–H and O–H groups in total. The number of epoxide rings is 1. The van der Waals surface area contributed by atoms with Crippen LogP contribution in [0.2, 0.25) is 0 Å². The van der Waals surface area contributed by atoms with Gasteiger partial charge in [0.2, 0.25) is 0 Å². The molecule has 0 amide bonds. The topological polar surface area (TPSA) is 21.8 Å². The van der Waals surface area contributed by atoms with E-state index >= 15 is 0 Å². The molecule has 1 fully saturated rings. The van der Waals surface area contributed by atoms with E-state index in [1.807, 2.05) is 0 Å². The lowest BCUT2D eigenvalue weighted by atomic mass is 9.89. The molecule has 18 heavy (non-hydrogen) atoms. The molecule has 2 heteroatoms. The van der Waals surface area contributed by atoms with E-state index in [-0.39, 0.29) is 0 Å². The standard InChI is InChI=1S/C16H24O2/c1-5-12-7-8-15(17-4)14(9-12)13(6-2)10-16-11(3)18-16/h7-9,11,13,16H,5-6,10H2,1-4H3. The predicted octanol–water partition coefficient (Wildman–Crippen LogP) is 3.93. The fourth-order valence-electron chi connectivity index (χ4n) is 2.59. The average Bonchev–Trinajstić information content (AvgIpc) is 3.10. The Kier molecular flexibility index (Phi) is 4.28. The fraction of sp³-hybridized carbons (Fsp3) is 0.625. The lowest BCUT2D eigenvalue weighted by Gasteiger charge is -2.18. The molecule has 0 aliphatic carbocycles. The van der Waals surface area contributed by atoms with Gasteiger partial charge in [-0.3, -0.25) is 0 Å². The minimum Gasteiger partial charge on any atom is -0.496 e. The minimum atomic E-state index is 0.444. The normalized spacial score (nSPS) is 23.8. The molecular weight excluding hydrogens is 224 g/mol. The van der Waals surface area contributed by atoms with Gasteiger partial charge in [-0.25, -0.2) is 0 Å². The average molecular weight is 248 g/mol. The van der Waals surface area contributed by atoms with Crippen molar-refractivity contribution in [2.75, 3.05) is 7.11 Å². The molecule has 1 aliphatic heterocycles. The molecule has 3 unspecified atom stereocenters. The van der Waals surface area contributed by atoms with E-state index in [0.717, 1.165) is 25.0 Å². The van der Waals surface area contributed by atoms with E-state index in [4.69, 9.17) is 9.47 Å². The SMILES string of the molecule is CCc1ccc(OC)c(C(CC)CC2OC2C)c1. The number of hydrogen-bond donors (Lipinski definition) is 0. The van der Waals surface area contributed by atoms with Gasteiger partial charge in [-0.1, -0.05) is 26.0 Å². The molecule has 0 aromatic heterocycles. The van der Waals surface area contributed by atoms with E-state index in [1.165, 1.54) is 11.1 Å². The summed E-state index contributed by atoms with van der Waals surface area (Å²) in [7, 11) is 1.76. The zero-order valence-electron chi connectivity index (χ0n) is 11.9. The van der Waals surface area contributed by atoms with Crippen LogP contribution in [0.4, 0.5) is 0 Å². The fourth-order valence-corrected chi connectivity index (χ4v) is 2.59. The quantitative estimate of drug-likeness (QED) is 0.711. The third-order valence-corrected chi connectivity index (χ3v) is 3.99. The summed E-state index contributed by atoms with van der Waals surface area (Å²) in [6.45, 7) is 6.59. The Morgan fingerprint density at radius 1 is 1.33 bits per heavy atom. The van der Waals surface area contributed by atoms with Gasteiger partial charge in [0.05, 0.1) is 19.3 Å². The molecule has 2 nitrogen and oxygen atoms in total. The van der Waals surface area contributed by atoms with Crippen LogP contribution in [0.25, 0.3) is 0 Å². The third kappa shape index (κ3) is 2.86. The highest BCUT2D eigenvalue weighted by Crippen LogP contribution is 2.38. The van der Waals surface area contributed by atoms with Gasteiger partial charge >= 0.3 is 0 Å². The van der Waals surface area contributed by atoms with Crippen molar-refractivity contribution in [1.29, 1.82) is 0 Å². The van der Waals surface area contributed by atoms with Crippen LogP contribution in [-0.4, -0.2) is 19.3 Å². The maximum absolute atomic E-state index is 5.56. The van der Waals surface area contributed by atoms with Crippen molar-refractivity contribution in [3.05, 3.63) is 29.3 Å². The van der Waals surface area contributed by atoms with Crippen LogP contribution >= 0.6 is 0 Å². The van der Waals surface area contributed by atoms with E-state index in [1.54, 1.807) is 7.11 Å². The molecule has 2 rings (SSSR count). The van der Waals surface area contributed by atoms with Crippen LogP contribution in [0.3, 0.4) is 0 Å². The van der Waals surface area contributed by atoms with Gasteiger partial charge in [-0.2, -0.15) is 0 Å². The largest absolute Gasteiger partial charge is 0.496 e. The predicted molar refractivity (Wildman–Crippen MR) is 74.4 cm³/mol. The second kappa shape index (κ2) is 5.75. The van der Waals surface area contributed by atoms with Gasteiger partial charge < -0.3 is 9.47 Å². The van der Waals surface area contributed by atoms with Crippen molar-refractivity contribution < 1.29 is 9.47 Å². The number of aryl methyl sites for hydroxylation is 1. The molecule has 0 saturated carbocycles. The second-order valence-electron chi connectivity index (χ2n) is 5.15. The number of rotatable bonds is 6. The van der Waals surface area contributed by atoms with Crippen molar-refractivity contribution in [2.24, 2.45) is 0 Å². The molecule has 1 aromatic carbocycles. The lowest BCUT2D eigenvalue weighted by Crippen LogP contribution is -2.05. The summed E-state index contributed by atoms with van der Waals surface area (Å²) < 4.78 is 11.1. The van der Waals surface area contributed by atoms with Crippen molar-refractivity contribution in [2.45, 2.75) is 58.2 Å².